The first-order valence-electron chi connectivity index (χ1n) is 9.57. The molecule has 0 radical (unpaired) electrons. The second-order valence-electron chi connectivity index (χ2n) is 8.25. The summed E-state index contributed by atoms with van der Waals surface area (Å²) in [5, 5.41) is 5.15. The standard InChI is InChI=1S/C21H23BF2N2O4/c1-20(2)21(3,4)30-22(29-20)14-6-7-17-13(8-14)11-25-26(17)15-9-16(23)19(24)18(10-15)28-12-27-5/h6-11H,12H2,1-5H3. The molecule has 2 aromatic carbocycles. The van der Waals surface area contributed by atoms with Crippen LogP contribution in [0.5, 0.6) is 5.75 Å². The van der Waals surface area contributed by atoms with Crippen LogP contribution in [0.4, 0.5) is 8.78 Å². The van der Waals surface area contributed by atoms with Crippen LogP contribution in [0.2, 0.25) is 0 Å². The molecule has 0 bridgehead atoms. The molecule has 0 unspecified atom stereocenters. The van der Waals surface area contributed by atoms with Gasteiger partial charge in [0.2, 0.25) is 5.82 Å². The van der Waals surface area contributed by atoms with Crippen molar-refractivity contribution in [1.29, 1.82) is 0 Å². The van der Waals surface area contributed by atoms with Crippen molar-refractivity contribution in [3.05, 3.63) is 48.2 Å². The van der Waals surface area contributed by atoms with Crippen LogP contribution in [0.15, 0.2) is 36.5 Å². The molecular formula is C21H23BF2N2O4. The first kappa shape index (κ1) is 20.8. The summed E-state index contributed by atoms with van der Waals surface area (Å²) in [5.74, 6) is -2.35. The van der Waals surface area contributed by atoms with Gasteiger partial charge in [-0.1, -0.05) is 12.1 Å². The summed E-state index contributed by atoms with van der Waals surface area (Å²) in [6.07, 6.45) is 1.65. The highest BCUT2D eigenvalue weighted by molar-refractivity contribution is 6.62. The molecule has 1 aliphatic heterocycles. The lowest BCUT2D eigenvalue weighted by molar-refractivity contribution is 0.00578. The van der Waals surface area contributed by atoms with Crippen LogP contribution in [-0.2, 0) is 14.0 Å². The lowest BCUT2D eigenvalue weighted by atomic mass is 9.79. The molecule has 0 N–H and O–H groups in total. The van der Waals surface area contributed by atoms with Crippen LogP contribution in [0.1, 0.15) is 27.7 Å². The summed E-state index contributed by atoms with van der Waals surface area (Å²) in [5.41, 5.74) is 1.02. The van der Waals surface area contributed by atoms with E-state index in [-0.39, 0.29) is 12.5 Å². The number of rotatable bonds is 5. The molecule has 4 rings (SSSR count). The molecule has 0 aliphatic carbocycles. The Balaban J connectivity index is 1.70. The highest BCUT2D eigenvalue weighted by Gasteiger charge is 2.51. The number of ether oxygens (including phenoxy) is 2. The molecule has 9 heteroatoms. The van der Waals surface area contributed by atoms with E-state index in [9.17, 15) is 8.78 Å². The van der Waals surface area contributed by atoms with Crippen molar-refractivity contribution >= 4 is 23.5 Å². The van der Waals surface area contributed by atoms with Gasteiger partial charge in [-0.05, 0) is 39.2 Å². The molecule has 158 valence electrons. The van der Waals surface area contributed by atoms with Gasteiger partial charge in [0.15, 0.2) is 18.4 Å². The maximum atomic E-state index is 14.1. The van der Waals surface area contributed by atoms with Crippen LogP contribution >= 0.6 is 0 Å². The smallest absolute Gasteiger partial charge is 0.464 e. The lowest BCUT2D eigenvalue weighted by Gasteiger charge is -2.32. The van der Waals surface area contributed by atoms with E-state index in [2.05, 4.69) is 5.10 Å². The predicted molar refractivity (Wildman–Crippen MR) is 109 cm³/mol. The molecule has 30 heavy (non-hydrogen) atoms. The summed E-state index contributed by atoms with van der Waals surface area (Å²) in [4.78, 5) is 0. The third-order valence-electron chi connectivity index (χ3n) is 5.67. The fourth-order valence-corrected chi connectivity index (χ4v) is 3.28. The molecule has 1 fully saturated rings. The molecule has 1 saturated heterocycles. The van der Waals surface area contributed by atoms with Crippen molar-refractivity contribution in [2.45, 2.75) is 38.9 Å². The monoisotopic (exact) mass is 416 g/mol. The van der Waals surface area contributed by atoms with E-state index in [1.165, 1.54) is 17.9 Å². The Morgan fingerprint density at radius 3 is 2.43 bits per heavy atom. The third kappa shape index (κ3) is 3.47. The number of nitrogens with zero attached hydrogens (tertiary/aromatic N) is 2. The highest BCUT2D eigenvalue weighted by Crippen LogP contribution is 2.36. The van der Waals surface area contributed by atoms with Gasteiger partial charge < -0.3 is 18.8 Å². The molecule has 3 aromatic rings. The van der Waals surface area contributed by atoms with E-state index in [4.69, 9.17) is 18.8 Å². The molecule has 1 aromatic heterocycles. The van der Waals surface area contributed by atoms with Gasteiger partial charge in [0.1, 0.15) is 0 Å². The van der Waals surface area contributed by atoms with Crippen LogP contribution in [0.25, 0.3) is 16.6 Å². The van der Waals surface area contributed by atoms with Gasteiger partial charge in [-0.15, -0.1) is 0 Å². The summed E-state index contributed by atoms with van der Waals surface area (Å²) in [6.45, 7) is 7.79. The summed E-state index contributed by atoms with van der Waals surface area (Å²) in [7, 11) is 0.900. The molecular weight excluding hydrogens is 393 g/mol. The minimum atomic E-state index is -1.07. The summed E-state index contributed by atoms with van der Waals surface area (Å²) < 4.78 is 51.7. The number of methoxy groups -OCH3 is 1. The minimum Gasteiger partial charge on any atom is -0.464 e. The van der Waals surface area contributed by atoms with E-state index in [0.29, 0.717) is 5.69 Å². The van der Waals surface area contributed by atoms with Gasteiger partial charge >= 0.3 is 7.12 Å². The SMILES string of the molecule is COCOc1cc(-n2ncc3cc(B4OC(C)(C)C(C)(C)O4)ccc32)cc(F)c1F. The Kier molecular flexibility index (Phi) is 5.08. The van der Waals surface area contributed by atoms with Gasteiger partial charge in [-0.3, -0.25) is 0 Å². The Labute approximate surface area is 173 Å². The van der Waals surface area contributed by atoms with E-state index >= 15 is 0 Å². The van der Waals surface area contributed by atoms with E-state index < -0.39 is 30.0 Å². The highest BCUT2D eigenvalue weighted by atomic mass is 19.2. The Bertz CT molecular complexity index is 1080. The van der Waals surface area contributed by atoms with Gasteiger partial charge in [0, 0.05) is 24.6 Å². The topological polar surface area (TPSA) is 54.7 Å². The van der Waals surface area contributed by atoms with E-state index in [1.54, 1.807) is 6.20 Å². The first-order valence-corrected chi connectivity index (χ1v) is 9.57. The minimum absolute atomic E-state index is 0.197. The molecule has 1 aliphatic rings. The van der Waals surface area contributed by atoms with Crippen molar-refractivity contribution in [3.63, 3.8) is 0 Å². The second-order valence-corrected chi connectivity index (χ2v) is 8.25. The molecule has 6 nitrogen and oxygen atoms in total. The van der Waals surface area contributed by atoms with E-state index in [1.807, 2.05) is 45.9 Å². The largest absolute Gasteiger partial charge is 0.494 e. The quantitative estimate of drug-likeness (QED) is 0.470. The number of fused-ring (bicyclic) bond motifs is 1. The number of hydrogen-bond acceptors (Lipinski definition) is 5. The van der Waals surface area contributed by atoms with Crippen LogP contribution < -0.4 is 10.2 Å². The van der Waals surface area contributed by atoms with Gasteiger partial charge in [-0.25, -0.2) is 9.07 Å². The van der Waals surface area contributed by atoms with Crippen molar-refractivity contribution in [3.8, 4) is 11.4 Å². The van der Waals surface area contributed by atoms with Gasteiger partial charge in [0.25, 0.3) is 0 Å². The normalized spacial score (nSPS) is 17.6. The van der Waals surface area contributed by atoms with Crippen molar-refractivity contribution in [2.24, 2.45) is 0 Å². The van der Waals surface area contributed by atoms with E-state index in [0.717, 1.165) is 22.4 Å². The number of halogens is 2. The van der Waals surface area contributed by atoms with Crippen molar-refractivity contribution < 1.29 is 27.6 Å². The Hall–Kier alpha value is -2.49. The summed E-state index contributed by atoms with van der Waals surface area (Å²) in [6, 6.07) is 8.10. The zero-order valence-electron chi connectivity index (χ0n) is 17.5. The zero-order chi connectivity index (χ0) is 21.7. The van der Waals surface area contributed by atoms with Crippen molar-refractivity contribution in [2.75, 3.05) is 13.9 Å². The first-order chi connectivity index (χ1) is 14.1. The van der Waals surface area contributed by atoms with Crippen LogP contribution in [0, 0.1) is 11.6 Å². The van der Waals surface area contributed by atoms with Crippen LogP contribution in [0.3, 0.4) is 0 Å². The predicted octanol–water partition coefficient (Wildman–Crippen LogP) is 3.59. The summed E-state index contributed by atoms with van der Waals surface area (Å²) >= 11 is 0. The lowest BCUT2D eigenvalue weighted by Crippen LogP contribution is -2.41. The fraction of sp³-hybridized carbons (Fsp3) is 0.381. The zero-order valence-corrected chi connectivity index (χ0v) is 17.5. The van der Waals surface area contributed by atoms with Gasteiger partial charge in [-0.2, -0.15) is 9.49 Å². The number of benzene rings is 2. The molecule has 0 atom stereocenters. The molecule has 0 spiro atoms. The maximum Gasteiger partial charge on any atom is 0.494 e. The van der Waals surface area contributed by atoms with Crippen LogP contribution in [-0.4, -0.2) is 42.0 Å². The fourth-order valence-electron chi connectivity index (χ4n) is 3.28. The second kappa shape index (κ2) is 7.33. The van der Waals surface area contributed by atoms with Gasteiger partial charge in [0.05, 0.1) is 28.6 Å². The maximum absolute atomic E-state index is 14.1. The Morgan fingerprint density at radius 1 is 1.07 bits per heavy atom. The van der Waals surface area contributed by atoms with Crippen molar-refractivity contribution in [1.82, 2.24) is 9.78 Å². The molecule has 2 heterocycles. The number of hydrogen-bond donors (Lipinski definition) is 0. The average Bonchev–Trinajstić information content (AvgIpc) is 3.20. The Morgan fingerprint density at radius 2 is 1.77 bits per heavy atom. The average molecular weight is 416 g/mol. The third-order valence-corrected chi connectivity index (χ3v) is 5.67. The molecule has 0 saturated carbocycles. The number of aromatic nitrogens is 2. The molecule has 0 amide bonds.